The standard InChI is InChI=1S/C14H19ClO/c1-10-2-4-11(5-3-10)8-12-6-7-13(9-15)14(12)16/h2-5,12-14,16H,6-9H2,1H3/t12?,13-,14-/m1/s1. The van der Waals surface area contributed by atoms with E-state index in [4.69, 9.17) is 11.6 Å². The number of halogens is 1. The van der Waals surface area contributed by atoms with Gasteiger partial charge in [0.15, 0.2) is 0 Å². The van der Waals surface area contributed by atoms with Crippen LogP contribution in [0.25, 0.3) is 0 Å². The van der Waals surface area contributed by atoms with Gasteiger partial charge in [-0.15, -0.1) is 11.6 Å². The van der Waals surface area contributed by atoms with Crippen LogP contribution in [-0.2, 0) is 6.42 Å². The molecule has 2 rings (SSSR count). The molecule has 0 radical (unpaired) electrons. The lowest BCUT2D eigenvalue weighted by atomic mass is 9.94. The molecule has 0 saturated heterocycles. The van der Waals surface area contributed by atoms with E-state index in [1.165, 1.54) is 11.1 Å². The van der Waals surface area contributed by atoms with Crippen LogP contribution in [0.15, 0.2) is 24.3 Å². The van der Waals surface area contributed by atoms with Crippen molar-refractivity contribution in [3.05, 3.63) is 35.4 Å². The molecule has 2 heteroatoms. The van der Waals surface area contributed by atoms with Crippen molar-refractivity contribution in [3.8, 4) is 0 Å². The molecular formula is C14H19ClO. The summed E-state index contributed by atoms with van der Waals surface area (Å²) in [5.41, 5.74) is 2.61. The number of alkyl halides is 1. The van der Waals surface area contributed by atoms with Crippen LogP contribution < -0.4 is 0 Å². The highest BCUT2D eigenvalue weighted by Gasteiger charge is 2.33. The molecule has 1 unspecified atom stereocenters. The predicted octanol–water partition coefficient (Wildman–Crippen LogP) is 3.16. The number of hydrogen-bond acceptors (Lipinski definition) is 1. The smallest absolute Gasteiger partial charge is 0.0611 e. The average molecular weight is 239 g/mol. The molecule has 1 aliphatic carbocycles. The largest absolute Gasteiger partial charge is 0.392 e. The lowest BCUT2D eigenvalue weighted by molar-refractivity contribution is 0.0991. The third kappa shape index (κ3) is 2.58. The maximum absolute atomic E-state index is 10.1. The molecule has 1 aromatic rings. The highest BCUT2D eigenvalue weighted by Crippen LogP contribution is 2.34. The first-order chi connectivity index (χ1) is 7.70. The van der Waals surface area contributed by atoms with Crippen molar-refractivity contribution in [1.82, 2.24) is 0 Å². The van der Waals surface area contributed by atoms with Gasteiger partial charge in [0.2, 0.25) is 0 Å². The number of rotatable bonds is 3. The van der Waals surface area contributed by atoms with Gasteiger partial charge in [-0.05, 0) is 43.6 Å². The lowest BCUT2D eigenvalue weighted by Crippen LogP contribution is -2.23. The number of aliphatic hydroxyl groups is 1. The second kappa shape index (κ2) is 5.20. The number of hydrogen-bond donors (Lipinski definition) is 1. The van der Waals surface area contributed by atoms with Crippen molar-refractivity contribution in [3.63, 3.8) is 0 Å². The first-order valence-electron chi connectivity index (χ1n) is 6.00. The Morgan fingerprint density at radius 3 is 2.38 bits per heavy atom. The van der Waals surface area contributed by atoms with Crippen LogP contribution in [0.1, 0.15) is 24.0 Å². The summed E-state index contributed by atoms with van der Waals surface area (Å²) in [6.45, 7) is 2.09. The van der Waals surface area contributed by atoms with E-state index >= 15 is 0 Å². The molecule has 1 saturated carbocycles. The molecule has 1 fully saturated rings. The van der Waals surface area contributed by atoms with E-state index in [1.54, 1.807) is 0 Å². The number of benzene rings is 1. The Morgan fingerprint density at radius 2 is 1.81 bits per heavy atom. The molecule has 0 heterocycles. The second-order valence-corrected chi connectivity index (χ2v) is 5.24. The zero-order valence-corrected chi connectivity index (χ0v) is 10.5. The van der Waals surface area contributed by atoms with Crippen molar-refractivity contribution in [2.45, 2.75) is 32.3 Å². The highest BCUT2D eigenvalue weighted by atomic mass is 35.5. The second-order valence-electron chi connectivity index (χ2n) is 4.93. The molecule has 1 aromatic carbocycles. The van der Waals surface area contributed by atoms with E-state index in [0.717, 1.165) is 19.3 Å². The van der Waals surface area contributed by atoms with Crippen LogP contribution in [0.5, 0.6) is 0 Å². The maximum atomic E-state index is 10.1. The summed E-state index contributed by atoms with van der Waals surface area (Å²) in [7, 11) is 0. The van der Waals surface area contributed by atoms with E-state index in [2.05, 4.69) is 31.2 Å². The van der Waals surface area contributed by atoms with Crippen LogP contribution in [0, 0.1) is 18.8 Å². The summed E-state index contributed by atoms with van der Waals surface area (Å²) >= 11 is 5.83. The summed E-state index contributed by atoms with van der Waals surface area (Å²) in [6, 6.07) is 8.59. The van der Waals surface area contributed by atoms with Crippen LogP contribution in [0.4, 0.5) is 0 Å². The monoisotopic (exact) mass is 238 g/mol. The number of aryl methyl sites for hydroxylation is 1. The zero-order chi connectivity index (χ0) is 11.5. The molecule has 88 valence electrons. The van der Waals surface area contributed by atoms with Gasteiger partial charge in [-0.2, -0.15) is 0 Å². The Balaban J connectivity index is 1.98. The quantitative estimate of drug-likeness (QED) is 0.803. The summed E-state index contributed by atoms with van der Waals surface area (Å²) in [5.74, 6) is 1.29. The van der Waals surface area contributed by atoms with E-state index < -0.39 is 0 Å². The van der Waals surface area contributed by atoms with Gasteiger partial charge in [-0.3, -0.25) is 0 Å². The van der Waals surface area contributed by atoms with Gasteiger partial charge in [-0.25, -0.2) is 0 Å². The third-order valence-electron chi connectivity index (χ3n) is 3.69. The highest BCUT2D eigenvalue weighted by molar-refractivity contribution is 6.18. The summed E-state index contributed by atoms with van der Waals surface area (Å²) in [6.07, 6.45) is 2.95. The van der Waals surface area contributed by atoms with E-state index in [1.807, 2.05) is 0 Å². The van der Waals surface area contributed by atoms with Gasteiger partial charge >= 0.3 is 0 Å². The molecule has 16 heavy (non-hydrogen) atoms. The molecule has 1 nitrogen and oxygen atoms in total. The molecule has 0 spiro atoms. The van der Waals surface area contributed by atoms with Crippen LogP contribution >= 0.6 is 11.6 Å². The van der Waals surface area contributed by atoms with Crippen molar-refractivity contribution in [1.29, 1.82) is 0 Å². The molecule has 1 N–H and O–H groups in total. The molecule has 1 aliphatic rings. The Kier molecular flexibility index (Phi) is 3.88. The molecule has 0 amide bonds. The van der Waals surface area contributed by atoms with Crippen molar-refractivity contribution >= 4 is 11.6 Å². The first kappa shape index (κ1) is 11.9. The van der Waals surface area contributed by atoms with E-state index in [-0.39, 0.29) is 6.10 Å². The Morgan fingerprint density at radius 1 is 1.19 bits per heavy atom. The Bertz CT molecular complexity index is 333. The molecule has 0 bridgehead atoms. The Labute approximate surface area is 102 Å². The van der Waals surface area contributed by atoms with E-state index in [0.29, 0.717) is 17.7 Å². The SMILES string of the molecule is Cc1ccc(CC2CC[C@H](CCl)[C@@H]2O)cc1. The van der Waals surface area contributed by atoms with Gasteiger partial charge < -0.3 is 5.11 Å². The van der Waals surface area contributed by atoms with Crippen molar-refractivity contribution < 1.29 is 5.11 Å². The van der Waals surface area contributed by atoms with Gasteiger partial charge in [0.1, 0.15) is 0 Å². The van der Waals surface area contributed by atoms with Crippen molar-refractivity contribution in [2.75, 3.05) is 5.88 Å². The van der Waals surface area contributed by atoms with Crippen molar-refractivity contribution in [2.24, 2.45) is 11.8 Å². The predicted molar refractivity (Wildman–Crippen MR) is 67.8 cm³/mol. The fourth-order valence-corrected chi connectivity index (χ4v) is 2.91. The molecule has 0 aromatic heterocycles. The van der Waals surface area contributed by atoms with Gasteiger partial charge in [0.25, 0.3) is 0 Å². The van der Waals surface area contributed by atoms with Crippen LogP contribution in [-0.4, -0.2) is 17.1 Å². The summed E-state index contributed by atoms with van der Waals surface area (Å²) in [4.78, 5) is 0. The van der Waals surface area contributed by atoms with Crippen LogP contribution in [0.2, 0.25) is 0 Å². The minimum atomic E-state index is -0.209. The molecule has 0 aliphatic heterocycles. The summed E-state index contributed by atoms with van der Waals surface area (Å²) in [5, 5.41) is 10.1. The lowest BCUT2D eigenvalue weighted by Gasteiger charge is -2.18. The zero-order valence-electron chi connectivity index (χ0n) is 9.70. The fourth-order valence-electron chi connectivity index (χ4n) is 2.57. The Hall–Kier alpha value is -0.530. The number of aliphatic hydroxyl groups excluding tert-OH is 1. The van der Waals surface area contributed by atoms with Gasteiger partial charge in [-0.1, -0.05) is 29.8 Å². The molecule has 3 atom stereocenters. The third-order valence-corrected chi connectivity index (χ3v) is 4.09. The minimum Gasteiger partial charge on any atom is -0.392 e. The first-order valence-corrected chi connectivity index (χ1v) is 6.53. The maximum Gasteiger partial charge on any atom is 0.0611 e. The van der Waals surface area contributed by atoms with Gasteiger partial charge in [0, 0.05) is 5.88 Å². The minimum absolute atomic E-state index is 0.209. The summed E-state index contributed by atoms with van der Waals surface area (Å²) < 4.78 is 0. The normalized spacial score (nSPS) is 29.6. The van der Waals surface area contributed by atoms with E-state index in [9.17, 15) is 5.11 Å². The van der Waals surface area contributed by atoms with Crippen LogP contribution in [0.3, 0.4) is 0 Å². The fraction of sp³-hybridized carbons (Fsp3) is 0.571. The topological polar surface area (TPSA) is 20.2 Å². The average Bonchev–Trinajstić information content (AvgIpc) is 2.63. The van der Waals surface area contributed by atoms with Gasteiger partial charge in [0.05, 0.1) is 6.10 Å². The molecular weight excluding hydrogens is 220 g/mol.